The number of nitrogens with zero attached hydrogens (tertiary/aromatic N) is 5. The van der Waals surface area contributed by atoms with Gasteiger partial charge in [0.15, 0.2) is 20.8 Å². The summed E-state index contributed by atoms with van der Waals surface area (Å²) < 4.78 is 2.68. The first-order valence-corrected chi connectivity index (χ1v) is 7.85. The first kappa shape index (κ1) is 14.5. The van der Waals surface area contributed by atoms with Crippen LogP contribution in [-0.2, 0) is 13.1 Å². The van der Waals surface area contributed by atoms with Crippen molar-refractivity contribution in [1.29, 1.82) is 0 Å². The molecule has 21 heavy (non-hydrogen) atoms. The Morgan fingerprint density at radius 3 is 2.86 bits per heavy atom. The van der Waals surface area contributed by atoms with Crippen LogP contribution in [-0.4, -0.2) is 24.5 Å². The van der Waals surface area contributed by atoms with Gasteiger partial charge in [-0.05, 0) is 18.6 Å². The lowest BCUT2D eigenvalue weighted by Gasteiger charge is -2.07. The highest BCUT2D eigenvalue weighted by Crippen LogP contribution is 2.20. The van der Waals surface area contributed by atoms with Crippen LogP contribution in [0.2, 0.25) is 5.15 Å². The Labute approximate surface area is 140 Å². The number of hydrogen-bond donors (Lipinski definition) is 1. The molecule has 0 atom stereocenters. The number of nitrogens with one attached hydrogen (secondary N) is 1. The first-order chi connectivity index (χ1) is 10.2. The lowest BCUT2D eigenvalue weighted by molar-refractivity contribution is 0.776. The van der Waals surface area contributed by atoms with Gasteiger partial charge in [-0.2, -0.15) is 0 Å². The largest absolute Gasteiger partial charge is 0.364 e. The maximum Gasteiger partial charge on any atom is 0.194 e. The van der Waals surface area contributed by atoms with Crippen LogP contribution in [0, 0.1) is 3.83 Å². The molecular formula is C13H12ClIN6. The average molecular weight is 415 g/mol. The highest BCUT2D eigenvalue weighted by molar-refractivity contribution is 14.1. The van der Waals surface area contributed by atoms with Gasteiger partial charge in [0.25, 0.3) is 0 Å². The van der Waals surface area contributed by atoms with Gasteiger partial charge >= 0.3 is 0 Å². The lowest BCUT2D eigenvalue weighted by Crippen LogP contribution is -2.05. The van der Waals surface area contributed by atoms with E-state index in [1.54, 1.807) is 18.6 Å². The summed E-state index contributed by atoms with van der Waals surface area (Å²) in [6, 6.07) is 3.69. The topological polar surface area (TPSA) is 68.5 Å². The molecule has 0 aliphatic rings. The Morgan fingerprint density at radius 1 is 1.29 bits per heavy atom. The molecule has 0 radical (unpaired) electrons. The Bertz CT molecular complexity index is 770. The second kappa shape index (κ2) is 6.10. The molecule has 3 rings (SSSR count). The number of aryl methyl sites for hydroxylation is 1. The van der Waals surface area contributed by atoms with E-state index in [0.717, 1.165) is 29.1 Å². The molecule has 0 aliphatic heterocycles. The third-order valence-electron chi connectivity index (χ3n) is 3.03. The maximum absolute atomic E-state index is 5.78. The van der Waals surface area contributed by atoms with Crippen molar-refractivity contribution >= 4 is 51.2 Å². The lowest BCUT2D eigenvalue weighted by atomic mass is 10.3. The Balaban J connectivity index is 1.89. The molecule has 3 aromatic heterocycles. The molecule has 0 aliphatic carbocycles. The second-order valence-electron chi connectivity index (χ2n) is 4.39. The van der Waals surface area contributed by atoms with E-state index in [2.05, 4.69) is 54.8 Å². The molecule has 0 aromatic carbocycles. The molecule has 0 saturated carbocycles. The molecule has 6 nitrogen and oxygen atoms in total. The zero-order valence-electron chi connectivity index (χ0n) is 11.2. The second-order valence-corrected chi connectivity index (χ2v) is 5.74. The highest BCUT2D eigenvalue weighted by Gasteiger charge is 2.11. The van der Waals surface area contributed by atoms with Crippen molar-refractivity contribution in [3.63, 3.8) is 0 Å². The van der Waals surface area contributed by atoms with E-state index in [-0.39, 0.29) is 0 Å². The van der Waals surface area contributed by atoms with Crippen LogP contribution in [0.15, 0.2) is 24.7 Å². The van der Waals surface area contributed by atoms with Crippen LogP contribution in [0.1, 0.15) is 12.5 Å². The zero-order valence-corrected chi connectivity index (χ0v) is 14.1. The van der Waals surface area contributed by atoms with Crippen molar-refractivity contribution in [1.82, 2.24) is 24.5 Å². The quantitative estimate of drug-likeness (QED) is 0.404. The van der Waals surface area contributed by atoms with E-state index in [9.17, 15) is 0 Å². The van der Waals surface area contributed by atoms with Crippen LogP contribution in [0.4, 0.5) is 5.82 Å². The fourth-order valence-corrected chi connectivity index (χ4v) is 2.55. The van der Waals surface area contributed by atoms with Crippen LogP contribution >= 0.6 is 34.2 Å². The smallest absolute Gasteiger partial charge is 0.194 e. The molecule has 0 saturated heterocycles. The minimum Gasteiger partial charge on any atom is -0.364 e. The number of fused-ring (bicyclic) bond motifs is 1. The molecule has 8 heteroatoms. The van der Waals surface area contributed by atoms with Gasteiger partial charge in [-0.15, -0.1) is 0 Å². The number of pyridine rings is 1. The average Bonchev–Trinajstić information content (AvgIpc) is 2.89. The van der Waals surface area contributed by atoms with Gasteiger partial charge in [0.1, 0.15) is 5.15 Å². The van der Waals surface area contributed by atoms with Crippen molar-refractivity contribution in [2.24, 2.45) is 0 Å². The van der Waals surface area contributed by atoms with Crippen LogP contribution in [0.3, 0.4) is 0 Å². The van der Waals surface area contributed by atoms with E-state index >= 15 is 0 Å². The fraction of sp³-hybridized carbons (Fsp3) is 0.231. The summed E-state index contributed by atoms with van der Waals surface area (Å²) in [5.41, 5.74) is 2.64. The highest BCUT2D eigenvalue weighted by atomic mass is 127. The van der Waals surface area contributed by atoms with Crippen LogP contribution < -0.4 is 5.32 Å². The molecule has 0 unspecified atom stereocenters. The number of aromatic nitrogens is 5. The molecule has 108 valence electrons. The van der Waals surface area contributed by atoms with E-state index in [1.165, 1.54) is 0 Å². The minimum atomic E-state index is 0.486. The Hall–Kier alpha value is -1.48. The molecular weight excluding hydrogens is 403 g/mol. The van der Waals surface area contributed by atoms with Crippen LogP contribution in [0.5, 0.6) is 0 Å². The Morgan fingerprint density at radius 2 is 2.14 bits per heavy atom. The minimum absolute atomic E-state index is 0.486. The number of anilines is 1. The summed E-state index contributed by atoms with van der Waals surface area (Å²) >= 11 is 7.89. The summed E-state index contributed by atoms with van der Waals surface area (Å²) in [6.45, 7) is 3.48. The Kier molecular flexibility index (Phi) is 4.20. The fourth-order valence-electron chi connectivity index (χ4n) is 1.97. The van der Waals surface area contributed by atoms with Crippen LogP contribution in [0.25, 0.3) is 11.2 Å². The first-order valence-electron chi connectivity index (χ1n) is 6.40. The molecule has 0 bridgehead atoms. The van der Waals surface area contributed by atoms with E-state index < -0.39 is 0 Å². The number of halogens is 2. The summed E-state index contributed by atoms with van der Waals surface area (Å²) in [4.78, 5) is 17.3. The zero-order chi connectivity index (χ0) is 14.8. The van der Waals surface area contributed by atoms with Crippen molar-refractivity contribution in [2.45, 2.75) is 20.0 Å². The molecule has 0 amide bonds. The monoisotopic (exact) mass is 414 g/mol. The number of imidazole rings is 1. The summed E-state index contributed by atoms with van der Waals surface area (Å²) in [5.74, 6) is 0.728. The van der Waals surface area contributed by atoms with Gasteiger partial charge in [-0.3, -0.25) is 0 Å². The van der Waals surface area contributed by atoms with Gasteiger partial charge in [0.2, 0.25) is 0 Å². The summed E-state index contributed by atoms with van der Waals surface area (Å²) in [5, 5.41) is 3.77. The van der Waals surface area contributed by atoms with Gasteiger partial charge in [-0.25, -0.2) is 19.9 Å². The van der Waals surface area contributed by atoms with E-state index in [0.29, 0.717) is 15.5 Å². The third-order valence-corrected chi connectivity index (χ3v) is 3.73. The normalized spacial score (nSPS) is 11.0. The number of rotatable bonds is 4. The predicted molar refractivity (Wildman–Crippen MR) is 90.3 cm³/mol. The van der Waals surface area contributed by atoms with Crippen molar-refractivity contribution < 1.29 is 0 Å². The summed E-state index contributed by atoms with van der Waals surface area (Å²) in [7, 11) is 0. The van der Waals surface area contributed by atoms with Crippen molar-refractivity contribution in [3.05, 3.63) is 39.2 Å². The van der Waals surface area contributed by atoms with Gasteiger partial charge in [-0.1, -0.05) is 17.7 Å². The van der Waals surface area contributed by atoms with E-state index in [4.69, 9.17) is 11.6 Å². The van der Waals surface area contributed by atoms with Gasteiger partial charge in [0, 0.05) is 41.9 Å². The molecule has 0 spiro atoms. The predicted octanol–water partition coefficient (Wildman–Crippen LogP) is 3.11. The standard InChI is InChI=1S/C13H12ClIN6/c1-2-21-7-18-10-11(19-13(15)20-12(10)21)17-6-8-3-4-9(14)16-5-8/h3-5,7H,2,6H2,1H3,(H,17,19,20). The molecule has 3 aromatic rings. The molecule has 3 heterocycles. The van der Waals surface area contributed by atoms with E-state index in [1.807, 2.05) is 10.6 Å². The van der Waals surface area contributed by atoms with Crippen molar-refractivity contribution in [2.75, 3.05) is 5.32 Å². The van der Waals surface area contributed by atoms with Crippen molar-refractivity contribution in [3.8, 4) is 0 Å². The third kappa shape index (κ3) is 3.08. The maximum atomic E-state index is 5.78. The van der Waals surface area contributed by atoms with Gasteiger partial charge < -0.3 is 9.88 Å². The summed E-state index contributed by atoms with van der Waals surface area (Å²) in [6.07, 6.45) is 3.52. The SMILES string of the molecule is CCn1cnc2c(NCc3ccc(Cl)nc3)nc(I)nc21. The molecule has 1 N–H and O–H groups in total. The van der Waals surface area contributed by atoms with Gasteiger partial charge in [0.05, 0.1) is 6.33 Å². The molecule has 0 fully saturated rings. The number of hydrogen-bond acceptors (Lipinski definition) is 5.